The van der Waals surface area contributed by atoms with Gasteiger partial charge in [-0.3, -0.25) is 0 Å². The van der Waals surface area contributed by atoms with E-state index >= 15 is 0 Å². The fourth-order valence-electron chi connectivity index (χ4n) is 1.69. The van der Waals surface area contributed by atoms with E-state index in [4.69, 9.17) is 10.4 Å². The second kappa shape index (κ2) is 7.14. The molecule has 0 aliphatic rings. The number of carbonyl (C=O) groups excluding carboxylic acids is 1. The number of amides is 2. The van der Waals surface area contributed by atoms with E-state index in [0.29, 0.717) is 24.1 Å². The maximum absolute atomic E-state index is 11.8. The van der Waals surface area contributed by atoms with Crippen molar-refractivity contribution in [1.82, 2.24) is 5.32 Å². The Morgan fingerprint density at radius 3 is 2.70 bits per heavy atom. The SMILES string of the molecule is CCCC(NC(=O)Nc1cc(C#N)ccc1C)C(=O)O. The summed E-state index contributed by atoms with van der Waals surface area (Å²) < 4.78 is 0. The number of carboxylic acids is 1. The average molecular weight is 275 g/mol. The molecule has 0 radical (unpaired) electrons. The first-order valence-corrected chi connectivity index (χ1v) is 6.29. The summed E-state index contributed by atoms with van der Waals surface area (Å²) in [6.45, 7) is 3.63. The number of anilines is 1. The third-order valence-electron chi connectivity index (χ3n) is 2.80. The molecule has 6 heteroatoms. The fraction of sp³-hybridized carbons (Fsp3) is 0.357. The molecule has 0 saturated carbocycles. The highest BCUT2D eigenvalue weighted by Gasteiger charge is 2.18. The van der Waals surface area contributed by atoms with E-state index in [1.165, 1.54) is 0 Å². The van der Waals surface area contributed by atoms with Gasteiger partial charge in [-0.2, -0.15) is 5.26 Å². The molecule has 1 rings (SSSR count). The van der Waals surface area contributed by atoms with Crippen LogP contribution in [-0.2, 0) is 4.79 Å². The summed E-state index contributed by atoms with van der Waals surface area (Å²) in [4.78, 5) is 22.7. The number of carboxylic acid groups (broad SMARTS) is 1. The quantitative estimate of drug-likeness (QED) is 0.766. The number of carbonyl (C=O) groups is 2. The van der Waals surface area contributed by atoms with Crippen molar-refractivity contribution < 1.29 is 14.7 Å². The Labute approximate surface area is 117 Å². The van der Waals surface area contributed by atoms with Gasteiger partial charge in [-0.25, -0.2) is 9.59 Å². The zero-order valence-corrected chi connectivity index (χ0v) is 11.4. The molecule has 20 heavy (non-hydrogen) atoms. The van der Waals surface area contributed by atoms with E-state index in [0.717, 1.165) is 5.56 Å². The summed E-state index contributed by atoms with van der Waals surface area (Å²) in [6, 6.07) is 5.38. The lowest BCUT2D eigenvalue weighted by atomic mass is 10.1. The Morgan fingerprint density at radius 2 is 2.15 bits per heavy atom. The minimum absolute atomic E-state index is 0.361. The molecule has 0 spiro atoms. The van der Waals surface area contributed by atoms with Crippen molar-refractivity contribution in [2.45, 2.75) is 32.7 Å². The molecule has 0 aromatic heterocycles. The third-order valence-corrected chi connectivity index (χ3v) is 2.80. The van der Waals surface area contributed by atoms with E-state index < -0.39 is 18.0 Å². The molecular weight excluding hydrogens is 258 g/mol. The van der Waals surface area contributed by atoms with E-state index in [-0.39, 0.29) is 0 Å². The Bertz CT molecular complexity index is 549. The van der Waals surface area contributed by atoms with Crippen molar-refractivity contribution in [2.24, 2.45) is 0 Å². The van der Waals surface area contributed by atoms with Gasteiger partial charge in [0.15, 0.2) is 0 Å². The smallest absolute Gasteiger partial charge is 0.326 e. The Balaban J connectivity index is 2.75. The first kappa shape index (κ1) is 15.5. The molecule has 106 valence electrons. The number of rotatable bonds is 5. The van der Waals surface area contributed by atoms with Gasteiger partial charge in [0, 0.05) is 5.69 Å². The first-order chi connectivity index (χ1) is 9.47. The van der Waals surface area contributed by atoms with Gasteiger partial charge in [0.05, 0.1) is 11.6 Å². The summed E-state index contributed by atoms with van der Waals surface area (Å²) in [5.74, 6) is -1.07. The number of nitriles is 1. The van der Waals surface area contributed by atoms with E-state index in [1.54, 1.807) is 25.1 Å². The number of aliphatic carboxylic acids is 1. The van der Waals surface area contributed by atoms with Crippen molar-refractivity contribution >= 4 is 17.7 Å². The molecule has 1 unspecified atom stereocenters. The van der Waals surface area contributed by atoms with Gasteiger partial charge >= 0.3 is 12.0 Å². The molecular formula is C14H17N3O3. The maximum Gasteiger partial charge on any atom is 0.326 e. The molecule has 0 saturated heterocycles. The molecule has 0 aliphatic heterocycles. The average Bonchev–Trinajstić information content (AvgIpc) is 2.40. The second-order valence-electron chi connectivity index (χ2n) is 4.42. The van der Waals surface area contributed by atoms with Crippen molar-refractivity contribution in [3.8, 4) is 6.07 Å². The zero-order valence-electron chi connectivity index (χ0n) is 11.4. The van der Waals surface area contributed by atoms with Gasteiger partial charge in [-0.05, 0) is 31.0 Å². The largest absolute Gasteiger partial charge is 0.480 e. The molecule has 2 amide bonds. The van der Waals surface area contributed by atoms with Crippen molar-refractivity contribution in [3.63, 3.8) is 0 Å². The summed E-state index contributed by atoms with van der Waals surface area (Å²) in [6.07, 6.45) is 1.01. The number of hydrogen-bond acceptors (Lipinski definition) is 3. The van der Waals surface area contributed by atoms with Gasteiger partial charge in [0.2, 0.25) is 0 Å². The summed E-state index contributed by atoms with van der Waals surface area (Å²) in [5.41, 5.74) is 1.71. The number of benzene rings is 1. The molecule has 0 heterocycles. The lowest BCUT2D eigenvalue weighted by Crippen LogP contribution is -2.43. The van der Waals surface area contributed by atoms with Crippen LogP contribution in [0.1, 0.15) is 30.9 Å². The van der Waals surface area contributed by atoms with Crippen LogP contribution in [0.15, 0.2) is 18.2 Å². The number of urea groups is 1. The van der Waals surface area contributed by atoms with Gasteiger partial charge in [0.1, 0.15) is 6.04 Å². The van der Waals surface area contributed by atoms with Crippen LogP contribution in [0.3, 0.4) is 0 Å². The highest BCUT2D eigenvalue weighted by Crippen LogP contribution is 2.16. The van der Waals surface area contributed by atoms with Crippen LogP contribution in [-0.4, -0.2) is 23.1 Å². The van der Waals surface area contributed by atoms with Crippen molar-refractivity contribution in [1.29, 1.82) is 5.26 Å². The number of nitrogens with one attached hydrogen (secondary N) is 2. The van der Waals surface area contributed by atoms with E-state index in [9.17, 15) is 9.59 Å². The number of hydrogen-bond donors (Lipinski definition) is 3. The molecule has 0 aliphatic carbocycles. The van der Waals surface area contributed by atoms with Crippen LogP contribution in [0.2, 0.25) is 0 Å². The monoisotopic (exact) mass is 275 g/mol. The molecule has 0 bridgehead atoms. The normalized spacial score (nSPS) is 11.2. The van der Waals surface area contributed by atoms with Crippen LogP contribution < -0.4 is 10.6 Å². The molecule has 1 aromatic carbocycles. The minimum Gasteiger partial charge on any atom is -0.480 e. The molecule has 3 N–H and O–H groups in total. The van der Waals surface area contributed by atoms with Crippen molar-refractivity contribution in [2.75, 3.05) is 5.32 Å². The van der Waals surface area contributed by atoms with Crippen LogP contribution in [0.4, 0.5) is 10.5 Å². The maximum atomic E-state index is 11.8. The van der Waals surface area contributed by atoms with E-state index in [2.05, 4.69) is 10.6 Å². The molecule has 6 nitrogen and oxygen atoms in total. The summed E-state index contributed by atoms with van der Waals surface area (Å²) in [7, 11) is 0. The van der Waals surface area contributed by atoms with Crippen LogP contribution >= 0.6 is 0 Å². The second-order valence-corrected chi connectivity index (χ2v) is 4.42. The fourth-order valence-corrected chi connectivity index (χ4v) is 1.69. The summed E-state index contributed by atoms with van der Waals surface area (Å²) in [5, 5.41) is 22.8. The Hall–Kier alpha value is -2.55. The first-order valence-electron chi connectivity index (χ1n) is 6.29. The highest BCUT2D eigenvalue weighted by molar-refractivity contribution is 5.93. The van der Waals surface area contributed by atoms with Gasteiger partial charge in [-0.15, -0.1) is 0 Å². The minimum atomic E-state index is -1.07. The van der Waals surface area contributed by atoms with Gasteiger partial charge < -0.3 is 15.7 Å². The lowest BCUT2D eigenvalue weighted by Gasteiger charge is -2.15. The van der Waals surface area contributed by atoms with Crippen LogP contribution in [0, 0.1) is 18.3 Å². The topological polar surface area (TPSA) is 102 Å². The predicted octanol–water partition coefficient (Wildman–Crippen LogP) is 2.24. The van der Waals surface area contributed by atoms with Gasteiger partial charge in [-0.1, -0.05) is 19.4 Å². The zero-order chi connectivity index (χ0) is 15.1. The molecule has 1 aromatic rings. The van der Waals surface area contributed by atoms with Gasteiger partial charge in [0.25, 0.3) is 0 Å². The molecule has 0 fully saturated rings. The highest BCUT2D eigenvalue weighted by atomic mass is 16.4. The standard InChI is InChI=1S/C14H17N3O3/c1-3-4-11(13(18)19)16-14(20)17-12-7-10(8-15)6-5-9(12)2/h5-7,11H,3-4H2,1-2H3,(H,18,19)(H2,16,17,20). The van der Waals surface area contributed by atoms with Crippen LogP contribution in [0.25, 0.3) is 0 Å². The molecule has 1 atom stereocenters. The third kappa shape index (κ3) is 4.28. The number of aryl methyl sites for hydroxylation is 1. The predicted molar refractivity (Wildman–Crippen MR) is 74.4 cm³/mol. The van der Waals surface area contributed by atoms with Crippen LogP contribution in [0.5, 0.6) is 0 Å². The lowest BCUT2D eigenvalue weighted by molar-refractivity contribution is -0.139. The Kier molecular flexibility index (Phi) is 5.54. The Morgan fingerprint density at radius 1 is 1.45 bits per heavy atom. The van der Waals surface area contributed by atoms with E-state index in [1.807, 2.05) is 13.0 Å². The number of nitrogens with zero attached hydrogens (tertiary/aromatic N) is 1. The summed E-state index contributed by atoms with van der Waals surface area (Å²) >= 11 is 0. The van der Waals surface area contributed by atoms with Crippen molar-refractivity contribution in [3.05, 3.63) is 29.3 Å².